The van der Waals surface area contributed by atoms with Crippen molar-refractivity contribution in [1.29, 1.82) is 0 Å². The minimum absolute atomic E-state index is 0.0904. The number of hydrogen-bond donors (Lipinski definition) is 0. The molecule has 1 heteroatoms. The van der Waals surface area contributed by atoms with E-state index in [2.05, 4.69) is 6.92 Å². The van der Waals surface area contributed by atoms with Crippen LogP contribution >= 0.6 is 0 Å². The van der Waals surface area contributed by atoms with Crippen LogP contribution in [-0.4, -0.2) is 5.78 Å². The largest absolute Gasteiger partial charge is 0.289 e. The van der Waals surface area contributed by atoms with E-state index in [9.17, 15) is 4.79 Å². The molecule has 0 fully saturated rings. The van der Waals surface area contributed by atoms with Gasteiger partial charge in [-0.25, -0.2) is 0 Å². The van der Waals surface area contributed by atoms with E-state index in [0.717, 1.165) is 17.6 Å². The number of rotatable bonds is 3. The average molecular weight is 188 g/mol. The SMILES string of the molecule is CCc1ccc(C(=O)C=C(C)C)cc1. The molecule has 0 aromatic heterocycles. The van der Waals surface area contributed by atoms with E-state index in [1.165, 1.54) is 5.56 Å². The van der Waals surface area contributed by atoms with Gasteiger partial charge in [0.25, 0.3) is 0 Å². The number of ketones is 1. The van der Waals surface area contributed by atoms with E-state index in [1.807, 2.05) is 38.1 Å². The fourth-order valence-electron chi connectivity index (χ4n) is 1.25. The highest BCUT2D eigenvalue weighted by Crippen LogP contribution is 2.07. The van der Waals surface area contributed by atoms with Gasteiger partial charge >= 0.3 is 0 Å². The van der Waals surface area contributed by atoms with Crippen LogP contribution in [0.15, 0.2) is 35.9 Å². The van der Waals surface area contributed by atoms with Gasteiger partial charge in [0.15, 0.2) is 5.78 Å². The maximum absolute atomic E-state index is 11.6. The first kappa shape index (κ1) is 10.7. The maximum Gasteiger partial charge on any atom is 0.185 e. The van der Waals surface area contributed by atoms with Crippen molar-refractivity contribution in [1.82, 2.24) is 0 Å². The molecule has 0 amide bonds. The van der Waals surface area contributed by atoms with E-state index in [1.54, 1.807) is 6.08 Å². The second-order valence-corrected chi connectivity index (χ2v) is 3.64. The van der Waals surface area contributed by atoms with Crippen molar-refractivity contribution in [2.75, 3.05) is 0 Å². The quantitative estimate of drug-likeness (QED) is 0.525. The van der Waals surface area contributed by atoms with Crippen molar-refractivity contribution in [3.05, 3.63) is 47.0 Å². The van der Waals surface area contributed by atoms with Crippen LogP contribution in [0.25, 0.3) is 0 Å². The molecule has 0 aliphatic heterocycles. The lowest BCUT2D eigenvalue weighted by atomic mass is 10.1. The van der Waals surface area contributed by atoms with Crippen LogP contribution in [0.1, 0.15) is 36.7 Å². The molecule has 0 atom stereocenters. The van der Waals surface area contributed by atoms with Crippen molar-refractivity contribution in [2.45, 2.75) is 27.2 Å². The summed E-state index contributed by atoms with van der Waals surface area (Å²) in [6, 6.07) is 7.79. The lowest BCUT2D eigenvalue weighted by Crippen LogP contribution is -1.95. The molecule has 1 nitrogen and oxygen atoms in total. The second-order valence-electron chi connectivity index (χ2n) is 3.64. The fraction of sp³-hybridized carbons (Fsp3) is 0.308. The van der Waals surface area contributed by atoms with Gasteiger partial charge in [0.2, 0.25) is 0 Å². The Morgan fingerprint density at radius 3 is 2.21 bits per heavy atom. The van der Waals surface area contributed by atoms with Crippen LogP contribution in [0.4, 0.5) is 0 Å². The third-order valence-corrected chi connectivity index (χ3v) is 2.07. The zero-order valence-corrected chi connectivity index (χ0v) is 9.00. The molecule has 0 saturated heterocycles. The number of carbonyl (C=O) groups excluding carboxylic acids is 1. The van der Waals surface area contributed by atoms with E-state index < -0.39 is 0 Å². The van der Waals surface area contributed by atoms with E-state index >= 15 is 0 Å². The van der Waals surface area contributed by atoms with Crippen molar-refractivity contribution in [3.63, 3.8) is 0 Å². The second kappa shape index (κ2) is 4.75. The maximum atomic E-state index is 11.6. The Balaban J connectivity index is 2.87. The smallest absolute Gasteiger partial charge is 0.185 e. The minimum Gasteiger partial charge on any atom is -0.289 e. The molecule has 0 heterocycles. The third-order valence-electron chi connectivity index (χ3n) is 2.07. The summed E-state index contributed by atoms with van der Waals surface area (Å²) in [6.07, 6.45) is 2.68. The van der Waals surface area contributed by atoms with Gasteiger partial charge in [-0.05, 0) is 31.9 Å². The normalized spacial score (nSPS) is 9.64. The molecule has 1 aromatic carbocycles. The predicted octanol–water partition coefficient (Wildman–Crippen LogP) is 3.40. The number of carbonyl (C=O) groups is 1. The van der Waals surface area contributed by atoms with Crippen LogP contribution in [-0.2, 0) is 6.42 Å². The van der Waals surface area contributed by atoms with Crippen LogP contribution in [0.5, 0.6) is 0 Å². The summed E-state index contributed by atoms with van der Waals surface area (Å²) in [5.74, 6) is 0.0904. The topological polar surface area (TPSA) is 17.1 Å². The number of benzene rings is 1. The van der Waals surface area contributed by atoms with Gasteiger partial charge < -0.3 is 0 Å². The van der Waals surface area contributed by atoms with Gasteiger partial charge in [0.05, 0.1) is 0 Å². The van der Waals surface area contributed by atoms with Crippen LogP contribution in [0.2, 0.25) is 0 Å². The Bertz CT molecular complexity index is 340. The molecule has 0 aliphatic rings. The molecule has 1 aromatic rings. The Morgan fingerprint density at radius 1 is 1.21 bits per heavy atom. The van der Waals surface area contributed by atoms with Crippen molar-refractivity contribution < 1.29 is 4.79 Å². The highest BCUT2D eigenvalue weighted by Gasteiger charge is 2.01. The molecule has 0 unspecified atom stereocenters. The molecule has 1 rings (SSSR count). The zero-order chi connectivity index (χ0) is 10.6. The fourth-order valence-corrected chi connectivity index (χ4v) is 1.25. The summed E-state index contributed by atoms with van der Waals surface area (Å²) in [7, 11) is 0. The standard InChI is InChI=1S/C13H16O/c1-4-11-5-7-12(8-6-11)13(14)9-10(2)3/h5-9H,4H2,1-3H3. The Morgan fingerprint density at radius 2 is 1.79 bits per heavy atom. The van der Waals surface area contributed by atoms with Crippen LogP contribution < -0.4 is 0 Å². The minimum atomic E-state index is 0.0904. The molecule has 74 valence electrons. The van der Waals surface area contributed by atoms with E-state index in [0.29, 0.717) is 0 Å². The van der Waals surface area contributed by atoms with Gasteiger partial charge in [-0.3, -0.25) is 4.79 Å². The zero-order valence-electron chi connectivity index (χ0n) is 9.00. The van der Waals surface area contributed by atoms with Gasteiger partial charge in [0.1, 0.15) is 0 Å². The number of allylic oxidation sites excluding steroid dienone is 2. The summed E-state index contributed by atoms with van der Waals surface area (Å²) in [6.45, 7) is 5.96. The molecular weight excluding hydrogens is 172 g/mol. The summed E-state index contributed by atoms with van der Waals surface area (Å²) >= 11 is 0. The molecule has 0 radical (unpaired) electrons. The Labute approximate surface area is 85.5 Å². The number of aryl methyl sites for hydroxylation is 1. The Kier molecular flexibility index (Phi) is 3.63. The molecule has 0 spiro atoms. The first-order chi connectivity index (χ1) is 6.63. The Hall–Kier alpha value is -1.37. The third kappa shape index (κ3) is 2.84. The number of hydrogen-bond acceptors (Lipinski definition) is 1. The van der Waals surface area contributed by atoms with Crippen molar-refractivity contribution in [3.8, 4) is 0 Å². The molecule has 0 aliphatic carbocycles. The van der Waals surface area contributed by atoms with E-state index in [4.69, 9.17) is 0 Å². The average Bonchev–Trinajstić information content (AvgIpc) is 2.17. The molecule has 0 bridgehead atoms. The molecule has 0 N–H and O–H groups in total. The lowest BCUT2D eigenvalue weighted by molar-refractivity contribution is 0.104. The highest BCUT2D eigenvalue weighted by molar-refractivity contribution is 6.04. The van der Waals surface area contributed by atoms with Crippen molar-refractivity contribution >= 4 is 5.78 Å². The molecular formula is C13H16O. The summed E-state index contributed by atoms with van der Waals surface area (Å²) in [5, 5.41) is 0. The van der Waals surface area contributed by atoms with Crippen molar-refractivity contribution in [2.24, 2.45) is 0 Å². The van der Waals surface area contributed by atoms with E-state index in [-0.39, 0.29) is 5.78 Å². The van der Waals surface area contributed by atoms with Crippen LogP contribution in [0.3, 0.4) is 0 Å². The predicted molar refractivity (Wildman–Crippen MR) is 59.6 cm³/mol. The first-order valence-corrected chi connectivity index (χ1v) is 4.91. The monoisotopic (exact) mass is 188 g/mol. The lowest BCUT2D eigenvalue weighted by Gasteiger charge is -1.99. The van der Waals surface area contributed by atoms with Gasteiger partial charge in [-0.15, -0.1) is 0 Å². The molecule has 14 heavy (non-hydrogen) atoms. The highest BCUT2D eigenvalue weighted by atomic mass is 16.1. The first-order valence-electron chi connectivity index (χ1n) is 4.91. The van der Waals surface area contributed by atoms with Gasteiger partial charge in [0, 0.05) is 5.56 Å². The summed E-state index contributed by atoms with van der Waals surface area (Å²) < 4.78 is 0. The molecule has 0 saturated carbocycles. The van der Waals surface area contributed by atoms with Crippen LogP contribution in [0, 0.1) is 0 Å². The summed E-state index contributed by atoms with van der Waals surface area (Å²) in [4.78, 5) is 11.6. The van der Waals surface area contributed by atoms with Gasteiger partial charge in [-0.1, -0.05) is 36.8 Å². The summed E-state index contributed by atoms with van der Waals surface area (Å²) in [5.41, 5.74) is 3.07. The van der Waals surface area contributed by atoms with Gasteiger partial charge in [-0.2, -0.15) is 0 Å².